The second kappa shape index (κ2) is 8.35. The van der Waals surface area contributed by atoms with Gasteiger partial charge in [0.05, 0.1) is 33.7 Å². The molecule has 3 aromatic rings. The molecule has 4 nitrogen and oxygen atoms in total. The number of benzene rings is 2. The van der Waals surface area contributed by atoms with Gasteiger partial charge in [0.1, 0.15) is 5.76 Å². The quantitative estimate of drug-likeness (QED) is 0.432. The molecule has 4 rings (SSSR count). The van der Waals surface area contributed by atoms with Gasteiger partial charge >= 0.3 is 6.18 Å². The number of alkyl halides is 3. The lowest BCUT2D eigenvalue weighted by Gasteiger charge is -2.16. The topological polar surface area (TPSA) is 50.5 Å². The molecule has 0 radical (unpaired) electrons. The summed E-state index contributed by atoms with van der Waals surface area (Å²) in [5.41, 5.74) is 2.05. The van der Waals surface area contributed by atoms with Crippen molar-refractivity contribution in [2.24, 2.45) is 0 Å². The Morgan fingerprint density at radius 3 is 2.25 bits per heavy atom. The predicted molar refractivity (Wildman–Crippen MR) is 117 cm³/mol. The number of imide groups is 1. The first-order chi connectivity index (χ1) is 15.2. The van der Waals surface area contributed by atoms with E-state index < -0.39 is 23.6 Å². The number of carbonyl (C=O) groups is 2. The van der Waals surface area contributed by atoms with Crippen molar-refractivity contribution in [3.8, 4) is 0 Å². The standard InChI is InChI=1S/C24H18F3NO3S/c1-14-5-6-16(12-15(14)2)20-21(32-13-19-4-3-11-31-19)23(30)28(22(20)29)18-9-7-17(8-10-18)24(25,26)27/h3-12H,13H2,1-2H3. The molecule has 2 aromatic carbocycles. The van der Waals surface area contributed by atoms with Crippen molar-refractivity contribution < 1.29 is 27.2 Å². The van der Waals surface area contributed by atoms with Gasteiger partial charge in [-0.05, 0) is 66.9 Å². The number of hydrogen-bond acceptors (Lipinski definition) is 4. The molecular formula is C24H18F3NO3S. The van der Waals surface area contributed by atoms with E-state index in [4.69, 9.17) is 4.42 Å². The zero-order chi connectivity index (χ0) is 23.0. The first-order valence-electron chi connectivity index (χ1n) is 9.70. The Hall–Kier alpha value is -3.26. The Labute approximate surface area is 186 Å². The van der Waals surface area contributed by atoms with Crippen LogP contribution in [0.15, 0.2) is 70.2 Å². The lowest BCUT2D eigenvalue weighted by molar-refractivity contribution is -0.137. The van der Waals surface area contributed by atoms with E-state index in [1.165, 1.54) is 18.0 Å². The molecule has 0 saturated carbocycles. The van der Waals surface area contributed by atoms with Gasteiger partial charge in [0.2, 0.25) is 0 Å². The fraction of sp³-hybridized carbons (Fsp3) is 0.167. The van der Waals surface area contributed by atoms with E-state index in [2.05, 4.69) is 0 Å². The van der Waals surface area contributed by atoms with E-state index in [0.717, 1.165) is 40.3 Å². The number of carbonyl (C=O) groups excluding carboxylic acids is 2. The van der Waals surface area contributed by atoms with Crippen LogP contribution in [0.1, 0.15) is 28.0 Å². The highest BCUT2D eigenvalue weighted by molar-refractivity contribution is 8.03. The van der Waals surface area contributed by atoms with E-state index in [0.29, 0.717) is 17.1 Å². The fourth-order valence-electron chi connectivity index (χ4n) is 3.37. The van der Waals surface area contributed by atoms with Crippen LogP contribution in [0.5, 0.6) is 0 Å². The van der Waals surface area contributed by atoms with Crippen molar-refractivity contribution in [3.63, 3.8) is 0 Å². The highest BCUT2D eigenvalue weighted by Gasteiger charge is 2.41. The predicted octanol–water partition coefficient (Wildman–Crippen LogP) is 6.13. The minimum absolute atomic E-state index is 0.0860. The molecule has 164 valence electrons. The minimum Gasteiger partial charge on any atom is -0.468 e. The van der Waals surface area contributed by atoms with Crippen LogP contribution in [0.4, 0.5) is 18.9 Å². The Morgan fingerprint density at radius 2 is 1.66 bits per heavy atom. The Bertz CT molecular complexity index is 1210. The van der Waals surface area contributed by atoms with E-state index in [1.54, 1.807) is 18.2 Å². The summed E-state index contributed by atoms with van der Waals surface area (Å²) in [7, 11) is 0. The molecule has 8 heteroatoms. The molecule has 0 fully saturated rings. The van der Waals surface area contributed by atoms with Crippen LogP contribution in [0.25, 0.3) is 5.57 Å². The molecule has 0 spiro atoms. The second-order valence-electron chi connectivity index (χ2n) is 7.36. The van der Waals surface area contributed by atoms with Crippen molar-refractivity contribution in [3.05, 3.63) is 93.8 Å². The third-order valence-electron chi connectivity index (χ3n) is 5.23. The Kier molecular flexibility index (Phi) is 5.73. The monoisotopic (exact) mass is 457 g/mol. The van der Waals surface area contributed by atoms with Crippen LogP contribution in [-0.4, -0.2) is 11.8 Å². The summed E-state index contributed by atoms with van der Waals surface area (Å²) in [6, 6.07) is 13.0. The van der Waals surface area contributed by atoms with Crippen molar-refractivity contribution in [2.75, 3.05) is 4.90 Å². The Balaban J connectivity index is 1.74. The maximum absolute atomic E-state index is 13.4. The van der Waals surface area contributed by atoms with Gasteiger partial charge in [-0.3, -0.25) is 9.59 Å². The Morgan fingerprint density at radius 1 is 0.938 bits per heavy atom. The molecule has 0 atom stereocenters. The SMILES string of the molecule is Cc1ccc(C2=C(SCc3ccco3)C(=O)N(c3ccc(C(F)(F)F)cc3)C2=O)cc1C. The van der Waals surface area contributed by atoms with Gasteiger partial charge in [-0.25, -0.2) is 4.90 Å². The summed E-state index contributed by atoms with van der Waals surface area (Å²) in [6.45, 7) is 3.85. The first-order valence-corrected chi connectivity index (χ1v) is 10.7. The van der Waals surface area contributed by atoms with Gasteiger partial charge in [-0.1, -0.05) is 18.2 Å². The van der Waals surface area contributed by atoms with Crippen molar-refractivity contribution in [1.29, 1.82) is 0 Å². The summed E-state index contributed by atoms with van der Waals surface area (Å²) < 4.78 is 44.1. The molecular weight excluding hydrogens is 439 g/mol. The van der Waals surface area contributed by atoms with Gasteiger partial charge < -0.3 is 4.42 Å². The summed E-state index contributed by atoms with van der Waals surface area (Å²) >= 11 is 1.17. The minimum atomic E-state index is -4.51. The van der Waals surface area contributed by atoms with Crippen LogP contribution in [0.2, 0.25) is 0 Å². The molecule has 0 saturated heterocycles. The van der Waals surface area contributed by atoms with Gasteiger partial charge in [-0.2, -0.15) is 13.2 Å². The average molecular weight is 457 g/mol. The van der Waals surface area contributed by atoms with E-state index >= 15 is 0 Å². The van der Waals surface area contributed by atoms with Crippen LogP contribution in [-0.2, 0) is 21.5 Å². The molecule has 32 heavy (non-hydrogen) atoms. The highest BCUT2D eigenvalue weighted by atomic mass is 32.2. The zero-order valence-electron chi connectivity index (χ0n) is 17.2. The second-order valence-corrected chi connectivity index (χ2v) is 8.35. The molecule has 1 aromatic heterocycles. The smallest absolute Gasteiger partial charge is 0.416 e. The fourth-order valence-corrected chi connectivity index (χ4v) is 4.38. The number of hydrogen-bond donors (Lipinski definition) is 0. The maximum Gasteiger partial charge on any atom is 0.416 e. The summed E-state index contributed by atoms with van der Waals surface area (Å²) in [4.78, 5) is 27.8. The number of nitrogens with zero attached hydrogens (tertiary/aromatic N) is 1. The summed E-state index contributed by atoms with van der Waals surface area (Å²) in [5.74, 6) is -0.175. The van der Waals surface area contributed by atoms with Gasteiger partial charge in [0.15, 0.2) is 0 Å². The van der Waals surface area contributed by atoms with Gasteiger partial charge in [0.25, 0.3) is 11.8 Å². The number of aryl methyl sites for hydroxylation is 2. The number of amides is 2. The van der Waals surface area contributed by atoms with Crippen LogP contribution < -0.4 is 4.90 Å². The first kappa shape index (κ1) is 22.0. The molecule has 0 aliphatic carbocycles. The van der Waals surface area contributed by atoms with Gasteiger partial charge in [0, 0.05) is 0 Å². The van der Waals surface area contributed by atoms with Crippen LogP contribution in [0, 0.1) is 13.8 Å². The third-order valence-corrected chi connectivity index (χ3v) is 6.32. The lowest BCUT2D eigenvalue weighted by Crippen LogP contribution is -2.31. The highest BCUT2D eigenvalue weighted by Crippen LogP contribution is 2.40. The molecule has 0 unspecified atom stereocenters. The van der Waals surface area contributed by atoms with Crippen molar-refractivity contribution >= 4 is 34.8 Å². The van der Waals surface area contributed by atoms with Crippen LogP contribution in [0.3, 0.4) is 0 Å². The normalized spacial score (nSPS) is 14.6. The summed E-state index contributed by atoms with van der Waals surface area (Å²) in [5, 5.41) is 0. The van der Waals surface area contributed by atoms with E-state index in [9.17, 15) is 22.8 Å². The number of rotatable bonds is 5. The molecule has 1 aliphatic rings. The molecule has 1 aliphatic heterocycles. The van der Waals surface area contributed by atoms with Crippen molar-refractivity contribution in [1.82, 2.24) is 0 Å². The number of anilines is 1. The summed E-state index contributed by atoms with van der Waals surface area (Å²) in [6.07, 6.45) is -2.99. The number of thioether (sulfide) groups is 1. The largest absolute Gasteiger partial charge is 0.468 e. The van der Waals surface area contributed by atoms with E-state index in [1.807, 2.05) is 26.0 Å². The maximum atomic E-state index is 13.4. The average Bonchev–Trinajstić information content (AvgIpc) is 3.34. The molecule has 2 amide bonds. The zero-order valence-corrected chi connectivity index (χ0v) is 18.0. The van der Waals surface area contributed by atoms with Crippen molar-refractivity contribution in [2.45, 2.75) is 25.8 Å². The molecule has 2 heterocycles. The number of furan rings is 1. The van der Waals surface area contributed by atoms with E-state index in [-0.39, 0.29) is 16.2 Å². The molecule has 0 N–H and O–H groups in total. The number of halogens is 3. The lowest BCUT2D eigenvalue weighted by atomic mass is 10.0. The van der Waals surface area contributed by atoms with Gasteiger partial charge in [-0.15, -0.1) is 11.8 Å². The molecule has 0 bridgehead atoms. The van der Waals surface area contributed by atoms with Crippen LogP contribution >= 0.6 is 11.8 Å². The third kappa shape index (κ3) is 4.10.